The monoisotopic (exact) mass is 392 g/mol. The van der Waals surface area contributed by atoms with Gasteiger partial charge in [0.05, 0.1) is 0 Å². The van der Waals surface area contributed by atoms with Gasteiger partial charge in [-0.25, -0.2) is 18.0 Å². The van der Waals surface area contributed by atoms with Crippen LogP contribution in [-0.4, -0.2) is 24.6 Å². The Morgan fingerprint density at radius 3 is 2.77 bits per heavy atom. The van der Waals surface area contributed by atoms with E-state index in [4.69, 9.17) is 16.1 Å². The van der Waals surface area contributed by atoms with E-state index in [1.54, 1.807) is 11.4 Å². The van der Waals surface area contributed by atoms with Crippen LogP contribution in [0, 0.1) is 0 Å². The molecular weight excluding hydrogens is 382 g/mol. The first-order valence-electron chi connectivity index (χ1n) is 5.45. The van der Waals surface area contributed by atoms with Gasteiger partial charge in [0.15, 0.2) is 10.9 Å². The minimum atomic E-state index is -4.25. The molecule has 2 heterocycles. The van der Waals surface area contributed by atoms with Crippen molar-refractivity contribution >= 4 is 40.6 Å². The molecule has 0 saturated carbocycles. The van der Waals surface area contributed by atoms with Gasteiger partial charge in [0.25, 0.3) is 10.0 Å². The van der Waals surface area contributed by atoms with Gasteiger partial charge in [-0.2, -0.15) is 4.72 Å². The van der Waals surface area contributed by atoms with Crippen LogP contribution in [-0.2, 0) is 14.6 Å². The summed E-state index contributed by atoms with van der Waals surface area (Å²) in [7, 11) is -8.09. The van der Waals surface area contributed by atoms with Crippen molar-refractivity contribution in [2.45, 2.75) is 4.21 Å². The second-order valence-electron chi connectivity index (χ2n) is 3.76. The molecule has 0 bridgehead atoms. The molecular formula is C10H11ClN2NaO5PS2. The number of nitrogens with one attached hydrogen (secondary N) is 1. The number of nitrogens with zero attached hydrogens (tertiary/aromatic N) is 1. The van der Waals surface area contributed by atoms with Crippen LogP contribution >= 0.6 is 30.5 Å². The maximum atomic E-state index is 11.9. The second kappa shape index (κ2) is 8.23. The average Bonchev–Trinajstić information content (AvgIpc) is 2.94. The third kappa shape index (κ3) is 5.59. The summed E-state index contributed by atoms with van der Waals surface area (Å²) < 4.78 is 42.4. The van der Waals surface area contributed by atoms with Gasteiger partial charge in [-0.15, -0.1) is 11.3 Å². The Bertz CT molecular complexity index is 777. The quantitative estimate of drug-likeness (QED) is 0.387. The molecule has 22 heavy (non-hydrogen) atoms. The number of hydrogen-bond acceptors (Lipinski definition) is 6. The number of thiophene rings is 1. The van der Waals surface area contributed by atoms with Gasteiger partial charge in [0.2, 0.25) is 0 Å². The molecule has 0 aliphatic carbocycles. The van der Waals surface area contributed by atoms with Crippen LogP contribution in [0.1, 0.15) is 1.43 Å². The molecule has 0 radical (unpaired) electrons. The van der Waals surface area contributed by atoms with Crippen molar-refractivity contribution in [2.75, 3.05) is 6.29 Å². The molecule has 0 fully saturated rings. The summed E-state index contributed by atoms with van der Waals surface area (Å²) in [4.78, 5) is 13.4. The molecule has 0 aliphatic heterocycles. The second-order valence-corrected chi connectivity index (χ2v) is 8.83. The van der Waals surface area contributed by atoms with Crippen molar-refractivity contribution in [3.05, 3.63) is 41.0 Å². The third-order valence-corrected chi connectivity index (χ3v) is 6.52. The van der Waals surface area contributed by atoms with Gasteiger partial charge >= 0.3 is 37.2 Å². The zero-order valence-electron chi connectivity index (χ0n) is 12.3. The molecule has 2 N–H and O–H groups in total. The summed E-state index contributed by atoms with van der Waals surface area (Å²) in [5, 5.41) is 1.49. The Hall–Kier alpha value is 0.0400. The Kier molecular flexibility index (Phi) is 7.51. The number of aromatic nitrogens is 1. The van der Waals surface area contributed by atoms with Gasteiger partial charge in [0.1, 0.15) is 10.5 Å². The topological polar surface area (TPSA) is 106 Å². The summed E-state index contributed by atoms with van der Waals surface area (Å²) in [6, 6.07) is 5.76. The molecule has 116 valence electrons. The van der Waals surface area contributed by atoms with Crippen LogP contribution in [0.5, 0.6) is 5.75 Å². The van der Waals surface area contributed by atoms with Crippen molar-refractivity contribution in [1.82, 2.24) is 9.71 Å². The minimum absolute atomic E-state index is 0. The normalized spacial score (nSPS) is 13.9. The molecule has 0 aromatic carbocycles. The smallest absolute Gasteiger partial charge is 1.00 e. The van der Waals surface area contributed by atoms with Gasteiger partial charge in [-0.3, -0.25) is 0 Å². The van der Waals surface area contributed by atoms with Crippen molar-refractivity contribution in [2.24, 2.45) is 0 Å². The van der Waals surface area contributed by atoms with E-state index in [2.05, 4.69) is 4.98 Å². The molecule has 0 spiro atoms. The molecule has 2 rings (SSSR count). The summed E-state index contributed by atoms with van der Waals surface area (Å²) in [6.45, 7) is 0. The Morgan fingerprint density at radius 2 is 2.18 bits per heavy atom. The first kappa shape index (κ1) is 20.1. The Morgan fingerprint density at radius 1 is 1.45 bits per heavy atom. The SMILES string of the molecule is O=P(O)(CNS(=O)(=O)c1cccs1)Oc1cccnc1Cl.[H-].[Na+]. The van der Waals surface area contributed by atoms with E-state index in [1.165, 1.54) is 24.4 Å². The predicted molar refractivity (Wildman–Crippen MR) is 80.3 cm³/mol. The summed E-state index contributed by atoms with van der Waals surface area (Å²) in [6.07, 6.45) is 0.607. The van der Waals surface area contributed by atoms with Gasteiger partial charge in [0, 0.05) is 6.20 Å². The maximum Gasteiger partial charge on any atom is 1.00 e. The van der Waals surface area contributed by atoms with Crippen molar-refractivity contribution in [1.29, 1.82) is 0 Å². The number of rotatable bonds is 6. The van der Waals surface area contributed by atoms with E-state index in [-0.39, 0.29) is 46.1 Å². The summed E-state index contributed by atoms with van der Waals surface area (Å²) >= 11 is 6.69. The van der Waals surface area contributed by atoms with Crippen molar-refractivity contribution in [3.63, 3.8) is 0 Å². The largest absolute Gasteiger partial charge is 1.00 e. The van der Waals surface area contributed by atoms with E-state index in [1.807, 2.05) is 4.72 Å². The Labute approximate surface area is 160 Å². The van der Waals surface area contributed by atoms with Gasteiger partial charge in [-0.05, 0) is 23.6 Å². The fourth-order valence-corrected chi connectivity index (χ4v) is 5.04. The fourth-order valence-electron chi connectivity index (χ4n) is 1.28. The molecule has 2 aromatic rings. The fraction of sp³-hybridized carbons (Fsp3) is 0.100. The van der Waals surface area contributed by atoms with Crippen LogP contribution in [0.4, 0.5) is 0 Å². The molecule has 0 aliphatic rings. The van der Waals surface area contributed by atoms with Crippen molar-refractivity contribution in [3.8, 4) is 5.75 Å². The number of sulfonamides is 1. The molecule has 1 unspecified atom stereocenters. The minimum Gasteiger partial charge on any atom is -1.00 e. The number of hydrogen-bond donors (Lipinski definition) is 2. The standard InChI is InChI=1S/C10H10ClN2O5PS2.Na.H/c11-10-8(3-1-5-12-10)18-19(14,15)7-13-21(16,17)9-4-2-6-20-9;;/h1-6,13H,7H2,(H,14,15);;/q;+1;-1. The first-order valence-corrected chi connectivity index (χ1v) is 9.96. The van der Waals surface area contributed by atoms with Crippen LogP contribution < -0.4 is 38.8 Å². The zero-order chi connectivity index (χ0) is 15.5. The number of halogens is 1. The van der Waals surface area contributed by atoms with Crippen LogP contribution in [0.2, 0.25) is 5.15 Å². The zero-order valence-corrected chi connectivity index (χ0v) is 16.6. The van der Waals surface area contributed by atoms with E-state index >= 15 is 0 Å². The molecule has 1 atom stereocenters. The molecule has 7 nitrogen and oxygen atoms in total. The van der Waals surface area contributed by atoms with Crippen LogP contribution in [0.3, 0.4) is 0 Å². The molecule has 0 saturated heterocycles. The van der Waals surface area contributed by atoms with E-state index in [0.717, 1.165) is 11.3 Å². The van der Waals surface area contributed by atoms with Crippen LogP contribution in [0.15, 0.2) is 40.1 Å². The number of pyridine rings is 1. The average molecular weight is 393 g/mol. The summed E-state index contributed by atoms with van der Waals surface area (Å²) in [5.74, 6) is -0.0969. The Balaban J connectivity index is 0.00000242. The third-order valence-electron chi connectivity index (χ3n) is 2.18. The van der Waals surface area contributed by atoms with E-state index in [9.17, 15) is 17.9 Å². The molecule has 0 amide bonds. The first-order chi connectivity index (χ1) is 9.80. The van der Waals surface area contributed by atoms with Gasteiger partial charge in [-0.1, -0.05) is 17.7 Å². The van der Waals surface area contributed by atoms with Crippen LogP contribution in [0.25, 0.3) is 0 Å². The summed E-state index contributed by atoms with van der Waals surface area (Å²) in [5.41, 5.74) is 0. The molecule has 12 heteroatoms. The predicted octanol–water partition coefficient (Wildman–Crippen LogP) is -0.587. The van der Waals surface area contributed by atoms with Gasteiger partial charge < -0.3 is 10.8 Å². The maximum absolute atomic E-state index is 11.9. The van der Waals surface area contributed by atoms with Crippen molar-refractivity contribution < 1.29 is 53.4 Å². The molecule has 2 aromatic heterocycles. The van der Waals surface area contributed by atoms with E-state index < -0.39 is 23.9 Å². The van der Waals surface area contributed by atoms with E-state index in [0.29, 0.717) is 0 Å².